The maximum Gasteiger partial charge on any atom is 0.323 e. The summed E-state index contributed by atoms with van der Waals surface area (Å²) in [7, 11) is 0. The number of hydrogen-bond donors (Lipinski definition) is 1. The Labute approximate surface area is 118 Å². The van der Waals surface area contributed by atoms with Crippen molar-refractivity contribution >= 4 is 17.6 Å². The van der Waals surface area contributed by atoms with Gasteiger partial charge < -0.3 is 19.6 Å². The zero-order valence-electron chi connectivity index (χ0n) is 11.7. The highest BCUT2D eigenvalue weighted by atomic mass is 16.5. The van der Waals surface area contributed by atoms with Crippen LogP contribution in [-0.2, 0) is 9.53 Å². The molecule has 110 valence electrons. The maximum atomic E-state index is 10.9. The van der Waals surface area contributed by atoms with Gasteiger partial charge in [-0.1, -0.05) is 6.92 Å². The van der Waals surface area contributed by atoms with Gasteiger partial charge in [0.15, 0.2) is 0 Å². The van der Waals surface area contributed by atoms with E-state index in [0.29, 0.717) is 25.6 Å². The van der Waals surface area contributed by atoms with Gasteiger partial charge in [-0.2, -0.15) is 0 Å². The Kier molecular flexibility index (Phi) is 5.11. The number of hydrogen-bond acceptors (Lipinski definition) is 6. The van der Waals surface area contributed by atoms with E-state index < -0.39 is 5.97 Å². The van der Waals surface area contributed by atoms with Gasteiger partial charge in [-0.25, -0.2) is 9.97 Å². The summed E-state index contributed by atoms with van der Waals surface area (Å²) in [6, 6.07) is 1.85. The fraction of sp³-hybridized carbons (Fsp3) is 0.615. The first-order valence-electron chi connectivity index (χ1n) is 6.82. The number of aliphatic carboxylic acids is 1. The second-order valence-corrected chi connectivity index (χ2v) is 4.65. The first-order chi connectivity index (χ1) is 9.70. The molecule has 1 saturated heterocycles. The Morgan fingerprint density at radius 2 is 2.20 bits per heavy atom. The maximum absolute atomic E-state index is 10.9. The van der Waals surface area contributed by atoms with Crippen LogP contribution < -0.4 is 9.80 Å². The average molecular weight is 280 g/mol. The van der Waals surface area contributed by atoms with Crippen LogP contribution >= 0.6 is 0 Å². The van der Waals surface area contributed by atoms with Gasteiger partial charge in [0.25, 0.3) is 0 Å². The Bertz CT molecular complexity index is 449. The third-order valence-electron chi connectivity index (χ3n) is 3.12. The van der Waals surface area contributed by atoms with Crippen LogP contribution in [0.4, 0.5) is 11.6 Å². The molecule has 0 atom stereocenters. The molecule has 0 amide bonds. The number of anilines is 2. The molecule has 1 aromatic heterocycles. The predicted octanol–water partition coefficient (Wildman–Crippen LogP) is 0.614. The van der Waals surface area contributed by atoms with E-state index in [-0.39, 0.29) is 6.54 Å². The standard InChI is InChI=1S/C13H20N4O3/c1-2-3-17(9-13(18)19)12-8-11(14-10-15-12)16-4-6-20-7-5-16/h8,10H,2-7,9H2,1H3,(H,18,19). The molecule has 1 fully saturated rings. The van der Waals surface area contributed by atoms with E-state index in [1.165, 1.54) is 6.33 Å². The minimum atomic E-state index is -0.856. The highest BCUT2D eigenvalue weighted by molar-refractivity contribution is 5.73. The minimum absolute atomic E-state index is 0.0482. The van der Waals surface area contributed by atoms with Crippen molar-refractivity contribution in [3.8, 4) is 0 Å². The van der Waals surface area contributed by atoms with Crippen LogP contribution in [0, 0.1) is 0 Å². The monoisotopic (exact) mass is 280 g/mol. The Hall–Kier alpha value is -1.89. The van der Waals surface area contributed by atoms with Gasteiger partial charge in [0, 0.05) is 25.7 Å². The summed E-state index contributed by atoms with van der Waals surface area (Å²) in [5, 5.41) is 8.98. The number of nitrogens with zero attached hydrogens (tertiary/aromatic N) is 4. The molecule has 7 heteroatoms. The summed E-state index contributed by atoms with van der Waals surface area (Å²) in [6.07, 6.45) is 2.36. The Balaban J connectivity index is 2.15. The molecule has 20 heavy (non-hydrogen) atoms. The highest BCUT2D eigenvalue weighted by Gasteiger charge is 2.16. The van der Waals surface area contributed by atoms with E-state index in [0.717, 1.165) is 25.3 Å². The van der Waals surface area contributed by atoms with Crippen LogP contribution in [0.2, 0.25) is 0 Å². The summed E-state index contributed by atoms with van der Waals surface area (Å²) in [4.78, 5) is 23.3. The number of ether oxygens (including phenoxy) is 1. The van der Waals surface area contributed by atoms with Crippen molar-refractivity contribution in [2.24, 2.45) is 0 Å². The van der Waals surface area contributed by atoms with E-state index in [4.69, 9.17) is 9.84 Å². The number of morpholine rings is 1. The quantitative estimate of drug-likeness (QED) is 0.818. The molecule has 7 nitrogen and oxygen atoms in total. The van der Waals surface area contributed by atoms with Gasteiger partial charge in [-0.3, -0.25) is 4.79 Å². The number of rotatable bonds is 6. The predicted molar refractivity (Wildman–Crippen MR) is 75.2 cm³/mol. The van der Waals surface area contributed by atoms with Gasteiger partial charge in [0.1, 0.15) is 24.5 Å². The lowest BCUT2D eigenvalue weighted by Crippen LogP contribution is -2.37. The van der Waals surface area contributed by atoms with E-state index >= 15 is 0 Å². The molecule has 0 unspecified atom stereocenters. The first kappa shape index (κ1) is 14.5. The molecule has 2 rings (SSSR count). The van der Waals surface area contributed by atoms with Crippen LogP contribution in [0.3, 0.4) is 0 Å². The second kappa shape index (κ2) is 7.04. The molecular formula is C13H20N4O3. The SMILES string of the molecule is CCCN(CC(=O)O)c1cc(N2CCOCC2)ncn1. The van der Waals surface area contributed by atoms with Gasteiger partial charge in [0.2, 0.25) is 0 Å². The fourth-order valence-corrected chi connectivity index (χ4v) is 2.18. The van der Waals surface area contributed by atoms with Crippen molar-refractivity contribution < 1.29 is 14.6 Å². The van der Waals surface area contributed by atoms with E-state index in [1.54, 1.807) is 4.90 Å². The molecule has 1 N–H and O–H groups in total. The van der Waals surface area contributed by atoms with E-state index in [2.05, 4.69) is 14.9 Å². The molecule has 0 aliphatic carbocycles. The fourth-order valence-electron chi connectivity index (χ4n) is 2.18. The van der Waals surface area contributed by atoms with Crippen LogP contribution in [0.1, 0.15) is 13.3 Å². The molecule has 0 aromatic carbocycles. The van der Waals surface area contributed by atoms with Crippen LogP contribution in [-0.4, -0.2) is 60.4 Å². The normalized spacial score (nSPS) is 15.2. The lowest BCUT2D eigenvalue weighted by atomic mass is 10.3. The number of carbonyl (C=O) groups is 1. The zero-order valence-corrected chi connectivity index (χ0v) is 11.7. The molecule has 0 bridgehead atoms. The van der Waals surface area contributed by atoms with Crippen LogP contribution in [0.25, 0.3) is 0 Å². The lowest BCUT2D eigenvalue weighted by molar-refractivity contribution is -0.135. The second-order valence-electron chi connectivity index (χ2n) is 4.65. The Morgan fingerprint density at radius 3 is 2.85 bits per heavy atom. The molecule has 0 saturated carbocycles. The number of carboxylic acids is 1. The molecule has 1 aliphatic rings. The smallest absolute Gasteiger partial charge is 0.323 e. The molecule has 2 heterocycles. The first-order valence-corrected chi connectivity index (χ1v) is 6.82. The van der Waals surface area contributed by atoms with E-state index in [9.17, 15) is 4.79 Å². The third kappa shape index (κ3) is 3.80. The number of carboxylic acid groups (broad SMARTS) is 1. The van der Waals surface area contributed by atoms with Crippen molar-refractivity contribution in [3.05, 3.63) is 12.4 Å². The van der Waals surface area contributed by atoms with E-state index in [1.807, 2.05) is 13.0 Å². The topological polar surface area (TPSA) is 78.8 Å². The van der Waals surface area contributed by atoms with Crippen LogP contribution in [0.5, 0.6) is 0 Å². The summed E-state index contributed by atoms with van der Waals surface area (Å²) >= 11 is 0. The molecule has 1 aromatic rings. The average Bonchev–Trinajstić information content (AvgIpc) is 2.47. The minimum Gasteiger partial charge on any atom is -0.480 e. The Morgan fingerprint density at radius 1 is 1.45 bits per heavy atom. The summed E-state index contributed by atoms with van der Waals surface area (Å²) in [5.74, 6) is 0.625. The summed E-state index contributed by atoms with van der Waals surface area (Å²) < 4.78 is 5.32. The van der Waals surface area contributed by atoms with Crippen LogP contribution in [0.15, 0.2) is 12.4 Å². The van der Waals surface area contributed by atoms with Crippen molar-refractivity contribution in [1.29, 1.82) is 0 Å². The van der Waals surface area contributed by atoms with Gasteiger partial charge in [-0.05, 0) is 6.42 Å². The lowest BCUT2D eigenvalue weighted by Gasteiger charge is -2.29. The van der Waals surface area contributed by atoms with Gasteiger partial charge >= 0.3 is 5.97 Å². The molecule has 1 aliphatic heterocycles. The third-order valence-corrected chi connectivity index (χ3v) is 3.12. The highest BCUT2D eigenvalue weighted by Crippen LogP contribution is 2.18. The number of aromatic nitrogens is 2. The summed E-state index contributed by atoms with van der Waals surface area (Å²) in [6.45, 7) is 5.59. The molecular weight excluding hydrogens is 260 g/mol. The molecule has 0 radical (unpaired) electrons. The van der Waals surface area contributed by atoms with Crippen molar-refractivity contribution in [3.63, 3.8) is 0 Å². The summed E-state index contributed by atoms with van der Waals surface area (Å²) in [5.41, 5.74) is 0. The van der Waals surface area contributed by atoms with Crippen molar-refractivity contribution in [1.82, 2.24) is 9.97 Å². The largest absolute Gasteiger partial charge is 0.480 e. The van der Waals surface area contributed by atoms with Gasteiger partial charge in [-0.15, -0.1) is 0 Å². The van der Waals surface area contributed by atoms with Crippen molar-refractivity contribution in [2.45, 2.75) is 13.3 Å². The molecule has 0 spiro atoms. The zero-order chi connectivity index (χ0) is 14.4. The van der Waals surface area contributed by atoms with Gasteiger partial charge in [0.05, 0.1) is 13.2 Å². The van der Waals surface area contributed by atoms with Crippen molar-refractivity contribution in [2.75, 3.05) is 49.2 Å².